The maximum atomic E-state index is 13.1. The van der Waals surface area contributed by atoms with Crippen molar-refractivity contribution in [2.45, 2.75) is 176 Å². The number of carbonyl (C=O) groups is 4. The van der Waals surface area contributed by atoms with Crippen molar-refractivity contribution >= 4 is 74.6 Å². The quantitative estimate of drug-likeness (QED) is 0.0112. The molecule has 3 aliphatic heterocycles. The van der Waals surface area contributed by atoms with E-state index in [2.05, 4.69) is 64.9 Å². The lowest BCUT2D eigenvalue weighted by molar-refractivity contribution is -0.438. The number of esters is 1. The van der Waals surface area contributed by atoms with Crippen molar-refractivity contribution in [2.75, 3.05) is 50.0 Å². The number of fused-ring (bicyclic) bond motifs is 7. The number of ether oxygens (including phenoxy) is 2. The fourth-order valence-electron chi connectivity index (χ4n) is 16.1. The maximum Gasteiger partial charge on any atom is 0.335 e. The summed E-state index contributed by atoms with van der Waals surface area (Å²) in [5, 5.41) is 33.0. The van der Waals surface area contributed by atoms with Crippen LogP contribution in [0.3, 0.4) is 0 Å². The summed E-state index contributed by atoms with van der Waals surface area (Å²) in [4.78, 5) is 53.6. The first-order chi connectivity index (χ1) is 40.2. The van der Waals surface area contributed by atoms with Crippen LogP contribution in [0.4, 0.5) is 11.4 Å². The highest BCUT2D eigenvalue weighted by molar-refractivity contribution is 7.85. The molecule has 4 aliphatic carbocycles. The molecule has 7 aliphatic rings. The minimum atomic E-state index is -4.37. The zero-order chi connectivity index (χ0) is 61.4. The molecule has 0 bridgehead atoms. The first-order valence-electron chi connectivity index (χ1n) is 30.4. The minimum Gasteiger partial charge on any atom is -0.458 e. The van der Waals surface area contributed by atoms with E-state index in [0.717, 1.165) is 90.9 Å². The van der Waals surface area contributed by atoms with Crippen molar-refractivity contribution in [3.05, 3.63) is 95.3 Å². The van der Waals surface area contributed by atoms with Crippen LogP contribution >= 0.6 is 12.6 Å². The highest BCUT2D eigenvalue weighted by atomic mass is 32.2. The van der Waals surface area contributed by atoms with Gasteiger partial charge in [0.05, 0.1) is 28.1 Å². The van der Waals surface area contributed by atoms with E-state index in [9.17, 15) is 46.6 Å². The number of rotatable bonds is 23. The van der Waals surface area contributed by atoms with Crippen LogP contribution in [-0.4, -0.2) is 135 Å². The molecule has 4 unspecified atom stereocenters. The summed E-state index contributed by atoms with van der Waals surface area (Å²) in [5.74, 6) is -0.615. The van der Waals surface area contributed by atoms with Crippen LogP contribution < -0.4 is 20.9 Å². The monoisotopic (exact) mass is 1230 g/mol. The van der Waals surface area contributed by atoms with Crippen molar-refractivity contribution < 1.29 is 65.2 Å². The first-order valence-corrected chi connectivity index (χ1v) is 33.6. The zero-order valence-corrected chi connectivity index (χ0v) is 52.8. The number of hydrogen-bond donors (Lipinski definition) is 7. The summed E-state index contributed by atoms with van der Waals surface area (Å²) in [6.07, 6.45) is 19.7. The number of amides is 3. The Balaban J connectivity index is 0.694. The van der Waals surface area contributed by atoms with Gasteiger partial charge in [-0.2, -0.15) is 29.8 Å². The molecule has 3 heterocycles. The molecule has 2 aromatic carbocycles. The standard InChI is InChI=1S/C64H87N5O13S3/c1-8-68-51-24-21-44(85(78,79)80)35-49(51)61(4,5)53(68)16-11-9-12-17-54-60(2,3)48-34-43(84(76)77)20-23-52(48)69(54)31-14-10-13-18-56(71)67-50(39-83)59(74)66-30-15-29-65-57(72)38-81-42-25-27-62(6)41(33-42)19-22-46-47(62)36-55(70)63(7)45(26-28-64(46,63)75)40-32-58(73)82-37-40/h9,11-12,16-17,20-21,23-24,32,34-35,41-42,45-47,50,55,70,75H,8,10,13-15,18-19,22,25-31,33,36-39H2,1-7H3,(H5-,65,66,67,71,72,74,76,77,78,79,80,83)/p+2/t41-,42+,45-,46?,47?,50?,55-,62+,63+,64+/m1/s1. The van der Waals surface area contributed by atoms with E-state index in [1.165, 1.54) is 6.07 Å². The minimum absolute atomic E-state index is 0.0563. The molecule has 9 rings (SSSR count). The molecule has 85 heavy (non-hydrogen) atoms. The number of allylic oxidation sites excluding steroid dienone is 6. The third-order valence-electron chi connectivity index (χ3n) is 20.9. The molecule has 4 saturated carbocycles. The Bertz CT molecular complexity index is 3230. The van der Waals surface area contributed by atoms with Crippen LogP contribution in [0.25, 0.3) is 0 Å². The highest BCUT2D eigenvalue weighted by Crippen LogP contribution is 2.70. The molecule has 21 heteroatoms. The lowest BCUT2D eigenvalue weighted by Crippen LogP contribution is -2.67. The molecule has 11 atom stereocenters. The molecule has 0 aromatic heterocycles. The Kier molecular flexibility index (Phi) is 19.4. The van der Waals surface area contributed by atoms with E-state index in [0.29, 0.717) is 56.1 Å². The van der Waals surface area contributed by atoms with Gasteiger partial charge < -0.3 is 45.1 Å². The summed E-state index contributed by atoms with van der Waals surface area (Å²) in [6.45, 7) is 16.7. The average Bonchev–Trinajstić information content (AvgIpc) is 1.68. The van der Waals surface area contributed by atoms with Crippen LogP contribution in [0, 0.1) is 34.5 Å². The largest absolute Gasteiger partial charge is 0.458 e. The molecule has 4 fully saturated rings. The second kappa shape index (κ2) is 25.6. The smallest absolute Gasteiger partial charge is 0.335 e. The van der Waals surface area contributed by atoms with E-state index in [4.69, 9.17) is 14.0 Å². The van der Waals surface area contributed by atoms with E-state index in [1.807, 2.05) is 64.1 Å². The SMILES string of the molecule is CCN1C(=CC=CC=CC2=[N+](CCCCCC(=O)NC(CS)C(=O)NCCCNC(=O)CO[C@H]3CC[C@]4(C)C5C[C@@H](O)[C@]6(C)[C@@H](C7=CC(=O)OC7)CC[C@]6(O)C5CC[C@@H]4C3)c3ccc(S(=O)[OH2+])cc3C2(C)C)C(C)(C)c2cc(S(=O)(=O)O)ccc21. The Morgan fingerprint density at radius 1 is 0.918 bits per heavy atom. The number of aliphatic hydroxyl groups excluding tert-OH is 1. The summed E-state index contributed by atoms with van der Waals surface area (Å²) in [6, 6.07) is 9.36. The summed E-state index contributed by atoms with van der Waals surface area (Å²) >= 11 is 2.44. The molecule has 0 radical (unpaired) electrons. The van der Waals surface area contributed by atoms with Gasteiger partial charge in [0.2, 0.25) is 23.4 Å². The van der Waals surface area contributed by atoms with Gasteiger partial charge in [0.25, 0.3) is 10.1 Å². The van der Waals surface area contributed by atoms with Crippen LogP contribution in [-0.2, 0) is 60.7 Å². The van der Waals surface area contributed by atoms with Crippen molar-refractivity contribution in [1.29, 1.82) is 0 Å². The number of cyclic esters (lactones) is 1. The topological polar surface area (TPSA) is 264 Å². The number of likely N-dealkylation sites (N-methyl/N-ethyl adjacent to an activating group) is 1. The van der Waals surface area contributed by atoms with E-state index >= 15 is 0 Å². The summed E-state index contributed by atoms with van der Waals surface area (Å²) < 4.78 is 67.6. The average molecular weight is 1230 g/mol. The molecular weight excluding hydrogens is 1140 g/mol. The summed E-state index contributed by atoms with van der Waals surface area (Å²) in [5.41, 5.74) is 3.61. The molecule has 18 nitrogen and oxygen atoms in total. The van der Waals surface area contributed by atoms with Gasteiger partial charge in [0.1, 0.15) is 30.7 Å². The number of nitrogens with zero attached hydrogens (tertiary/aromatic N) is 2. The third-order valence-corrected chi connectivity index (χ3v) is 22.8. The predicted molar refractivity (Wildman–Crippen MR) is 330 cm³/mol. The Morgan fingerprint density at radius 2 is 1.68 bits per heavy atom. The molecule has 3 amide bonds. The van der Waals surface area contributed by atoms with Gasteiger partial charge in [0.15, 0.2) is 5.71 Å². The Morgan fingerprint density at radius 3 is 2.39 bits per heavy atom. The Labute approximate surface area is 509 Å². The van der Waals surface area contributed by atoms with Crippen LogP contribution in [0.1, 0.15) is 143 Å². The van der Waals surface area contributed by atoms with Gasteiger partial charge >= 0.3 is 17.0 Å². The van der Waals surface area contributed by atoms with Crippen molar-refractivity contribution in [2.24, 2.45) is 34.5 Å². The van der Waals surface area contributed by atoms with Gasteiger partial charge in [-0.15, -0.1) is 0 Å². The maximum absolute atomic E-state index is 13.1. The number of benzene rings is 2. The highest BCUT2D eigenvalue weighted by Gasteiger charge is 2.71. The third kappa shape index (κ3) is 12.6. The number of carbonyl (C=O) groups excluding carboxylic acids is 4. The molecule has 8 N–H and O–H groups in total. The van der Waals surface area contributed by atoms with Gasteiger partial charge in [-0.05, 0) is 168 Å². The lowest BCUT2D eigenvalue weighted by atomic mass is 9.42. The first kappa shape index (κ1) is 64.5. The Hall–Kier alpha value is -5.00. The van der Waals surface area contributed by atoms with Crippen LogP contribution in [0.5, 0.6) is 0 Å². The van der Waals surface area contributed by atoms with Crippen molar-refractivity contribution in [1.82, 2.24) is 16.0 Å². The van der Waals surface area contributed by atoms with Gasteiger partial charge in [-0.1, -0.05) is 45.9 Å². The van der Waals surface area contributed by atoms with Crippen molar-refractivity contribution in [3.8, 4) is 0 Å². The van der Waals surface area contributed by atoms with E-state index in [1.54, 1.807) is 24.3 Å². The van der Waals surface area contributed by atoms with Crippen LogP contribution in [0.15, 0.2) is 93.9 Å². The number of nitrogens with one attached hydrogen (secondary N) is 3. The van der Waals surface area contributed by atoms with E-state index < -0.39 is 55.2 Å². The zero-order valence-electron chi connectivity index (χ0n) is 50.3. The van der Waals surface area contributed by atoms with Crippen molar-refractivity contribution in [3.63, 3.8) is 0 Å². The number of aliphatic hydroxyl groups is 2. The summed E-state index contributed by atoms with van der Waals surface area (Å²) in [7, 11) is -4.37. The number of anilines is 1. The molecule has 2 aromatic rings. The molecule has 0 saturated heterocycles. The van der Waals surface area contributed by atoms with Gasteiger partial charge in [-0.25, -0.2) is 4.79 Å². The normalized spacial score (nSPS) is 30.4. The fourth-order valence-corrected chi connectivity index (χ4v) is 17.3. The molecular formula is C64H89N5O13S3+2. The number of thiol groups is 1. The van der Waals surface area contributed by atoms with E-state index in [-0.39, 0.29) is 89.8 Å². The van der Waals surface area contributed by atoms with Gasteiger partial charge in [0, 0.05) is 84.2 Å². The molecule has 0 spiro atoms. The number of hydrogen-bond acceptors (Lipinski definition) is 13. The second-order valence-corrected chi connectivity index (χ2v) is 28.9. The fraction of sp³-hybridized carbons (Fsp3) is 0.609. The lowest BCUT2D eigenvalue weighted by Gasteiger charge is -2.65. The number of unbranched alkanes of at least 4 members (excludes halogenated alkanes) is 2. The van der Waals surface area contributed by atoms with Gasteiger partial charge in [-0.3, -0.25) is 18.9 Å². The predicted octanol–water partition coefficient (Wildman–Crippen LogP) is 7.08. The molecule has 464 valence electrons. The van der Waals surface area contributed by atoms with Crippen LogP contribution in [0.2, 0.25) is 0 Å². The second-order valence-electron chi connectivity index (χ2n) is 26.1.